The van der Waals surface area contributed by atoms with Crippen molar-refractivity contribution in [2.24, 2.45) is 17.8 Å². The van der Waals surface area contributed by atoms with Crippen LogP contribution < -0.4 is 10.6 Å². The number of carbonyl (C=O) groups excluding carboxylic acids is 3. The van der Waals surface area contributed by atoms with Crippen molar-refractivity contribution in [3.63, 3.8) is 0 Å². The number of hydrogen-bond donors (Lipinski definition) is 2. The highest BCUT2D eigenvalue weighted by atomic mass is 16.5. The highest BCUT2D eigenvalue weighted by molar-refractivity contribution is 6.43. The van der Waals surface area contributed by atoms with Crippen LogP contribution >= 0.6 is 0 Å². The van der Waals surface area contributed by atoms with Gasteiger partial charge in [-0.1, -0.05) is 81.4 Å². The number of Topliss-reactive ketones (excluding diaryl/α,β-unsaturated/α-hetero) is 1. The molecule has 1 saturated carbocycles. The predicted octanol–water partition coefficient (Wildman–Crippen LogP) is 6.14. The number of allylic oxidation sites excluding steroid dienone is 1. The first-order chi connectivity index (χ1) is 23.2. The number of ether oxygens (including phenoxy) is 3. The maximum absolute atomic E-state index is 14.0. The minimum Gasteiger partial charge on any atom is -0.501 e. The number of rotatable bonds is 18. The van der Waals surface area contributed by atoms with E-state index in [9.17, 15) is 14.4 Å². The highest BCUT2D eigenvalue weighted by Gasteiger charge is 2.42. The molecule has 1 fully saturated rings. The molecule has 8 nitrogen and oxygen atoms in total. The Bertz CT molecular complexity index is 1340. The van der Waals surface area contributed by atoms with Gasteiger partial charge in [0.25, 0.3) is 5.91 Å². The van der Waals surface area contributed by atoms with Crippen LogP contribution in [0.5, 0.6) is 0 Å². The molecule has 0 heterocycles. The maximum Gasteiger partial charge on any atom is 0.292 e. The second-order valence-electron chi connectivity index (χ2n) is 13.7. The molecular weight excluding hydrogens is 604 g/mol. The number of methoxy groups -OCH3 is 2. The summed E-state index contributed by atoms with van der Waals surface area (Å²) in [6, 6.07) is 20.3. The molecule has 2 amide bonds. The molecule has 4 rings (SSSR count). The first kappa shape index (κ1) is 37.1. The molecule has 2 aliphatic rings. The van der Waals surface area contributed by atoms with Gasteiger partial charge in [0.2, 0.25) is 11.7 Å². The monoisotopic (exact) mass is 658 g/mol. The Balaban J connectivity index is 1.45. The van der Waals surface area contributed by atoms with Crippen LogP contribution in [0.2, 0.25) is 0 Å². The van der Waals surface area contributed by atoms with E-state index in [0.29, 0.717) is 31.1 Å². The van der Waals surface area contributed by atoms with Crippen LogP contribution in [0.25, 0.3) is 0 Å². The third-order valence-corrected chi connectivity index (χ3v) is 9.47. The summed E-state index contributed by atoms with van der Waals surface area (Å²) in [6.07, 6.45) is 9.13. The quantitative estimate of drug-likeness (QED) is 0.187. The van der Waals surface area contributed by atoms with E-state index < -0.39 is 29.8 Å². The molecule has 0 spiro atoms. The average Bonchev–Trinajstić information content (AvgIpc) is 3.50. The lowest BCUT2D eigenvalue weighted by molar-refractivity contribution is -0.136. The number of benzene rings is 2. The smallest absolute Gasteiger partial charge is 0.292 e. The molecule has 8 heteroatoms. The number of ketones is 1. The van der Waals surface area contributed by atoms with Crippen LogP contribution in [-0.2, 0) is 41.4 Å². The van der Waals surface area contributed by atoms with Gasteiger partial charge in [-0.3, -0.25) is 14.4 Å². The Morgan fingerprint density at radius 3 is 2.02 bits per heavy atom. The highest BCUT2D eigenvalue weighted by Crippen LogP contribution is 2.31. The van der Waals surface area contributed by atoms with E-state index in [0.717, 1.165) is 38.5 Å². The molecule has 260 valence electrons. The first-order valence-corrected chi connectivity index (χ1v) is 17.5. The molecule has 0 radical (unpaired) electrons. The van der Waals surface area contributed by atoms with Gasteiger partial charge < -0.3 is 24.8 Å². The minimum atomic E-state index is -0.744. The molecule has 2 N–H and O–H groups in total. The topological polar surface area (TPSA) is 103 Å². The van der Waals surface area contributed by atoms with Crippen molar-refractivity contribution >= 4 is 17.6 Å². The van der Waals surface area contributed by atoms with Crippen molar-refractivity contribution in [2.45, 2.75) is 96.4 Å². The lowest BCUT2D eigenvalue weighted by Crippen LogP contribution is -2.48. The largest absolute Gasteiger partial charge is 0.501 e. The molecule has 48 heavy (non-hydrogen) atoms. The molecule has 0 aromatic heterocycles. The number of hydrogen-bond acceptors (Lipinski definition) is 6. The molecule has 2 aromatic rings. The second-order valence-corrected chi connectivity index (χ2v) is 13.7. The fourth-order valence-electron chi connectivity index (χ4n) is 6.74. The Kier molecular flexibility index (Phi) is 14.4. The van der Waals surface area contributed by atoms with Crippen LogP contribution in [0.4, 0.5) is 0 Å². The van der Waals surface area contributed by atoms with Crippen molar-refractivity contribution in [3.8, 4) is 0 Å². The van der Waals surface area contributed by atoms with E-state index in [1.54, 1.807) is 19.3 Å². The van der Waals surface area contributed by atoms with Crippen LogP contribution in [-0.4, -0.2) is 62.7 Å². The van der Waals surface area contributed by atoms with Crippen molar-refractivity contribution in [2.75, 3.05) is 20.8 Å². The van der Waals surface area contributed by atoms with Gasteiger partial charge in [-0.15, -0.1) is 0 Å². The predicted molar refractivity (Wildman–Crippen MR) is 188 cm³/mol. The molecule has 2 aliphatic carbocycles. The second kappa shape index (κ2) is 18.7. The summed E-state index contributed by atoms with van der Waals surface area (Å²) in [5, 5.41) is 6.28. The SMILES string of the molecule is COC1=CC(C(=O)C(=O)N[C@@H]2C[C@@H](OCC(C)C)C[C@H]2C(=O)NC(CCCc2ccccc2)CCCc2ccccc2)=CC(OC)C1C. The molecule has 2 unspecified atom stereocenters. The fourth-order valence-corrected chi connectivity index (χ4v) is 6.74. The van der Waals surface area contributed by atoms with Gasteiger partial charge >= 0.3 is 0 Å². The molecule has 0 aliphatic heterocycles. The van der Waals surface area contributed by atoms with Crippen molar-refractivity contribution < 1.29 is 28.6 Å². The summed E-state index contributed by atoms with van der Waals surface area (Å²) in [5.74, 6) is -1.21. The lowest BCUT2D eigenvalue weighted by atomic mass is 9.91. The van der Waals surface area contributed by atoms with E-state index in [1.807, 2.05) is 19.1 Å². The third-order valence-electron chi connectivity index (χ3n) is 9.47. The van der Waals surface area contributed by atoms with Gasteiger partial charge in [0.15, 0.2) is 0 Å². The van der Waals surface area contributed by atoms with Gasteiger partial charge in [0.05, 0.1) is 25.2 Å². The minimum absolute atomic E-state index is 0.00324. The Morgan fingerprint density at radius 2 is 1.48 bits per heavy atom. The zero-order valence-electron chi connectivity index (χ0n) is 29.3. The Labute approximate surface area is 286 Å². The van der Waals surface area contributed by atoms with Gasteiger partial charge in [-0.25, -0.2) is 0 Å². The summed E-state index contributed by atoms with van der Waals surface area (Å²) < 4.78 is 17.2. The van der Waals surface area contributed by atoms with Crippen LogP contribution in [0.1, 0.15) is 70.4 Å². The van der Waals surface area contributed by atoms with Gasteiger partial charge in [-0.2, -0.15) is 0 Å². The third kappa shape index (κ3) is 10.9. The number of amides is 2. The van der Waals surface area contributed by atoms with Crippen molar-refractivity contribution in [1.29, 1.82) is 0 Å². The van der Waals surface area contributed by atoms with E-state index in [2.05, 4.69) is 73.0 Å². The standard InChI is InChI=1S/C40H54N2O6/c1-27(2)26-48-33-24-34(35(25-33)42-40(45)38(43)31-22-36(46-4)28(3)37(23-31)47-5)39(44)41-32(20-12-18-29-14-8-6-9-15-29)21-13-19-30-16-10-7-11-17-30/h6-11,14-17,22-23,27-28,32-36H,12-13,18-21,24-26H2,1-5H3,(H,41,44)(H,42,45)/t28?,33-,34+,35+,36?/m0/s1. The zero-order chi connectivity index (χ0) is 34.5. The molecular formula is C40H54N2O6. The van der Waals surface area contributed by atoms with E-state index in [1.165, 1.54) is 18.2 Å². The molecule has 5 atom stereocenters. The lowest BCUT2D eigenvalue weighted by Gasteiger charge is -2.27. The van der Waals surface area contributed by atoms with Gasteiger partial charge in [0.1, 0.15) is 5.76 Å². The molecule has 0 saturated heterocycles. The Hall–Kier alpha value is -3.75. The van der Waals surface area contributed by atoms with Gasteiger partial charge in [0, 0.05) is 37.3 Å². The number of carbonyl (C=O) groups is 3. The van der Waals surface area contributed by atoms with Gasteiger partial charge in [-0.05, 0) is 80.6 Å². The normalized spacial score (nSPS) is 22.3. The van der Waals surface area contributed by atoms with Crippen LogP contribution in [0.3, 0.4) is 0 Å². The zero-order valence-corrected chi connectivity index (χ0v) is 29.3. The average molecular weight is 659 g/mol. The summed E-state index contributed by atoms with van der Waals surface area (Å²) in [7, 11) is 3.10. The van der Waals surface area contributed by atoms with E-state index in [-0.39, 0.29) is 29.5 Å². The van der Waals surface area contributed by atoms with Crippen LogP contribution in [0, 0.1) is 17.8 Å². The number of nitrogens with one attached hydrogen (secondary N) is 2. The summed E-state index contributed by atoms with van der Waals surface area (Å²) >= 11 is 0. The summed E-state index contributed by atoms with van der Waals surface area (Å²) in [4.78, 5) is 40.8. The fraction of sp³-hybridized carbons (Fsp3) is 0.525. The Morgan fingerprint density at radius 1 is 0.875 bits per heavy atom. The van der Waals surface area contributed by atoms with Crippen LogP contribution in [0.15, 0.2) is 84.1 Å². The molecule has 0 bridgehead atoms. The number of aryl methyl sites for hydroxylation is 2. The van der Waals surface area contributed by atoms with E-state index >= 15 is 0 Å². The van der Waals surface area contributed by atoms with E-state index in [4.69, 9.17) is 14.2 Å². The van der Waals surface area contributed by atoms with Crippen molar-refractivity contribution in [3.05, 3.63) is 95.3 Å². The summed E-state index contributed by atoms with van der Waals surface area (Å²) in [6.45, 7) is 6.67. The van der Waals surface area contributed by atoms with Crippen molar-refractivity contribution in [1.82, 2.24) is 10.6 Å². The summed E-state index contributed by atoms with van der Waals surface area (Å²) in [5.41, 5.74) is 2.79. The maximum atomic E-state index is 14.0. The molecule has 2 aromatic carbocycles. The first-order valence-electron chi connectivity index (χ1n) is 17.5.